The lowest BCUT2D eigenvalue weighted by Crippen LogP contribution is -2.13. The average molecular weight is 316 g/mol. The van der Waals surface area contributed by atoms with E-state index in [1.165, 1.54) is 5.56 Å². The molecule has 1 aromatic carbocycles. The number of aromatic nitrogens is 1. The van der Waals surface area contributed by atoms with Crippen molar-refractivity contribution in [3.63, 3.8) is 0 Å². The Balaban J connectivity index is 2.77. The highest BCUT2D eigenvalue weighted by Crippen LogP contribution is 2.32. The maximum Gasteiger partial charge on any atom is 0.337 e. The smallest absolute Gasteiger partial charge is 0.337 e. The molecule has 0 aliphatic carbocycles. The molecule has 0 saturated carbocycles. The Morgan fingerprint density at radius 2 is 2.00 bits per heavy atom. The number of hydrogen-bond donors (Lipinski definition) is 2. The topological polar surface area (TPSA) is 68.2 Å². The van der Waals surface area contributed by atoms with Crippen molar-refractivity contribution in [2.45, 2.75) is 58.9 Å². The molecule has 3 N–H and O–H groups in total. The van der Waals surface area contributed by atoms with Crippen LogP contribution >= 0.6 is 0 Å². The Bertz CT molecular complexity index is 708. The van der Waals surface area contributed by atoms with E-state index in [9.17, 15) is 9.90 Å². The molecular weight excluding hydrogens is 288 g/mol. The lowest BCUT2D eigenvalue weighted by molar-refractivity contribution is 0.0698. The van der Waals surface area contributed by atoms with Crippen molar-refractivity contribution in [1.29, 1.82) is 0 Å². The first-order chi connectivity index (χ1) is 10.8. The third kappa shape index (κ3) is 3.58. The van der Waals surface area contributed by atoms with E-state index in [1.807, 2.05) is 6.07 Å². The van der Waals surface area contributed by atoms with Crippen LogP contribution in [0.25, 0.3) is 10.9 Å². The molecule has 0 amide bonds. The van der Waals surface area contributed by atoms with Crippen LogP contribution in [0.15, 0.2) is 18.3 Å². The highest BCUT2D eigenvalue weighted by Gasteiger charge is 2.22. The largest absolute Gasteiger partial charge is 0.478 e. The zero-order valence-corrected chi connectivity index (χ0v) is 14.6. The van der Waals surface area contributed by atoms with Gasteiger partial charge in [0.25, 0.3) is 0 Å². The van der Waals surface area contributed by atoms with Crippen LogP contribution < -0.4 is 5.73 Å². The highest BCUT2D eigenvalue weighted by atomic mass is 16.4. The number of nitrogens with zero attached hydrogens (tertiary/aromatic N) is 1. The number of hydrogen-bond acceptors (Lipinski definition) is 2. The van der Waals surface area contributed by atoms with Crippen LogP contribution in [0.5, 0.6) is 0 Å². The predicted octanol–water partition coefficient (Wildman–Crippen LogP) is 3.94. The first-order valence-corrected chi connectivity index (χ1v) is 8.39. The van der Waals surface area contributed by atoms with E-state index in [1.54, 1.807) is 0 Å². The van der Waals surface area contributed by atoms with E-state index in [0.29, 0.717) is 12.1 Å². The van der Waals surface area contributed by atoms with Crippen LogP contribution in [-0.4, -0.2) is 22.2 Å². The molecule has 0 atom stereocenters. The van der Waals surface area contributed by atoms with Crippen molar-refractivity contribution in [2.75, 3.05) is 6.54 Å². The van der Waals surface area contributed by atoms with Gasteiger partial charge in [-0.25, -0.2) is 4.79 Å². The summed E-state index contributed by atoms with van der Waals surface area (Å²) >= 11 is 0. The van der Waals surface area contributed by atoms with Crippen molar-refractivity contribution in [2.24, 2.45) is 5.73 Å². The summed E-state index contributed by atoms with van der Waals surface area (Å²) in [4.78, 5) is 11.8. The number of nitrogens with two attached hydrogens (primary N) is 1. The van der Waals surface area contributed by atoms with Crippen LogP contribution in [0.3, 0.4) is 0 Å². The van der Waals surface area contributed by atoms with Crippen LogP contribution in [0.2, 0.25) is 0 Å². The van der Waals surface area contributed by atoms with Gasteiger partial charge in [0.1, 0.15) is 0 Å². The summed E-state index contributed by atoms with van der Waals surface area (Å²) in [5, 5.41) is 10.8. The van der Waals surface area contributed by atoms with E-state index in [-0.39, 0.29) is 5.41 Å². The molecule has 0 aliphatic rings. The molecule has 2 rings (SSSR count). The Morgan fingerprint density at radius 3 is 2.52 bits per heavy atom. The molecule has 0 aliphatic heterocycles. The van der Waals surface area contributed by atoms with Gasteiger partial charge in [0.2, 0.25) is 0 Å². The number of benzene rings is 1. The van der Waals surface area contributed by atoms with Crippen molar-refractivity contribution in [1.82, 2.24) is 4.57 Å². The Morgan fingerprint density at radius 1 is 1.30 bits per heavy atom. The van der Waals surface area contributed by atoms with Gasteiger partial charge in [-0.05, 0) is 48.1 Å². The van der Waals surface area contributed by atoms with Crippen molar-refractivity contribution in [3.05, 3.63) is 35.0 Å². The fourth-order valence-electron chi connectivity index (χ4n) is 3.01. The van der Waals surface area contributed by atoms with Gasteiger partial charge in [-0.1, -0.05) is 34.1 Å². The lowest BCUT2D eigenvalue weighted by Gasteiger charge is -2.20. The van der Waals surface area contributed by atoms with Gasteiger partial charge in [0.05, 0.1) is 11.1 Å². The molecular formula is C19H28N2O2. The van der Waals surface area contributed by atoms with Gasteiger partial charge in [-0.2, -0.15) is 0 Å². The lowest BCUT2D eigenvalue weighted by atomic mass is 9.84. The number of carbonyl (C=O) groups is 1. The van der Waals surface area contributed by atoms with Crippen molar-refractivity contribution >= 4 is 16.9 Å². The minimum absolute atomic E-state index is 0.0821. The summed E-state index contributed by atoms with van der Waals surface area (Å²) in [6, 6.07) is 4.01. The molecule has 2 aromatic rings. The molecule has 1 aromatic heterocycles. The van der Waals surface area contributed by atoms with Crippen LogP contribution in [0.1, 0.15) is 62.0 Å². The number of carboxylic acids is 1. The summed E-state index contributed by atoms with van der Waals surface area (Å²) in [5.74, 6) is -0.865. The summed E-state index contributed by atoms with van der Waals surface area (Å²) in [7, 11) is 0. The molecule has 1 heterocycles. The molecule has 0 fully saturated rings. The van der Waals surface area contributed by atoms with E-state index in [0.717, 1.165) is 42.3 Å². The van der Waals surface area contributed by atoms with Crippen LogP contribution in [-0.2, 0) is 18.4 Å². The molecule has 0 bridgehead atoms. The quantitative estimate of drug-likeness (QED) is 0.848. The maximum atomic E-state index is 11.8. The number of aryl methyl sites for hydroxylation is 2. The van der Waals surface area contributed by atoms with Gasteiger partial charge >= 0.3 is 5.97 Å². The molecule has 4 heteroatoms. The summed E-state index contributed by atoms with van der Waals surface area (Å²) in [6.07, 6.45) is 4.95. The van der Waals surface area contributed by atoms with Gasteiger partial charge in [-0.15, -0.1) is 0 Å². The fourth-order valence-corrected chi connectivity index (χ4v) is 3.01. The first kappa shape index (κ1) is 17.5. The minimum Gasteiger partial charge on any atom is -0.478 e. The molecule has 0 spiro atoms. The van der Waals surface area contributed by atoms with Crippen molar-refractivity contribution in [3.8, 4) is 0 Å². The second-order valence-electron chi connectivity index (χ2n) is 7.22. The van der Waals surface area contributed by atoms with Crippen LogP contribution in [0.4, 0.5) is 0 Å². The molecule has 0 radical (unpaired) electrons. The third-order valence-electron chi connectivity index (χ3n) is 4.27. The fraction of sp³-hybridized carbons (Fsp3) is 0.526. The predicted molar refractivity (Wildman–Crippen MR) is 95.3 cm³/mol. The Hall–Kier alpha value is -1.81. The zero-order chi connectivity index (χ0) is 17.2. The second-order valence-corrected chi connectivity index (χ2v) is 7.22. The van der Waals surface area contributed by atoms with Gasteiger partial charge in [-0.3, -0.25) is 0 Å². The summed E-state index contributed by atoms with van der Waals surface area (Å²) in [5.41, 5.74) is 9.08. The summed E-state index contributed by atoms with van der Waals surface area (Å²) in [6.45, 7) is 9.85. The Labute approximate surface area is 138 Å². The van der Waals surface area contributed by atoms with Gasteiger partial charge in [0, 0.05) is 18.1 Å². The average Bonchev–Trinajstić information content (AvgIpc) is 2.81. The molecule has 126 valence electrons. The molecule has 0 unspecified atom stereocenters. The third-order valence-corrected chi connectivity index (χ3v) is 4.27. The SMILES string of the molecule is CCCc1cn(CCCN)c2c(C(=O)O)cc(C(C)(C)C)cc12. The first-order valence-electron chi connectivity index (χ1n) is 8.39. The van der Waals surface area contributed by atoms with E-state index < -0.39 is 5.97 Å². The zero-order valence-electron chi connectivity index (χ0n) is 14.6. The molecule has 0 saturated heterocycles. The standard InChI is InChI=1S/C19H28N2O2/c1-5-7-13-12-21(9-6-8-20)17-15(13)10-14(19(2,3)4)11-16(17)18(22)23/h10-12H,5-9,20H2,1-4H3,(H,22,23). The van der Waals surface area contributed by atoms with E-state index in [2.05, 4.69) is 44.5 Å². The second kappa shape index (κ2) is 6.75. The van der Waals surface area contributed by atoms with Crippen molar-refractivity contribution < 1.29 is 9.90 Å². The number of aromatic carboxylic acids is 1. The van der Waals surface area contributed by atoms with Gasteiger partial charge < -0.3 is 15.4 Å². The monoisotopic (exact) mass is 316 g/mol. The Kier molecular flexibility index (Phi) is 5.15. The molecule has 23 heavy (non-hydrogen) atoms. The summed E-state index contributed by atoms with van der Waals surface area (Å²) < 4.78 is 2.07. The van der Waals surface area contributed by atoms with E-state index in [4.69, 9.17) is 5.73 Å². The highest BCUT2D eigenvalue weighted by molar-refractivity contribution is 6.04. The number of rotatable bonds is 6. The van der Waals surface area contributed by atoms with Crippen LogP contribution in [0, 0.1) is 0 Å². The number of carboxylic acid groups (broad SMARTS) is 1. The molecule has 4 nitrogen and oxygen atoms in total. The number of fused-ring (bicyclic) bond motifs is 1. The van der Waals surface area contributed by atoms with Gasteiger partial charge in [0.15, 0.2) is 0 Å². The minimum atomic E-state index is -0.865. The normalized spacial score (nSPS) is 12.0. The van der Waals surface area contributed by atoms with E-state index >= 15 is 0 Å². The maximum absolute atomic E-state index is 11.8.